The molecular weight excluding hydrogens is 321 g/mol. The highest BCUT2D eigenvalue weighted by Gasteiger charge is 2.05. The fourth-order valence-corrected chi connectivity index (χ4v) is 2.17. The van der Waals surface area contributed by atoms with E-state index in [0.29, 0.717) is 29.4 Å². The molecular formula is C20H20FNO3. The average Bonchev–Trinajstić information content (AvgIpc) is 2.60. The molecule has 0 aromatic heterocycles. The van der Waals surface area contributed by atoms with E-state index in [1.165, 1.54) is 24.3 Å². The second kappa shape index (κ2) is 8.68. The number of ether oxygens (including phenoxy) is 2. The molecule has 0 aliphatic heterocycles. The van der Waals surface area contributed by atoms with Gasteiger partial charge in [-0.05, 0) is 54.5 Å². The van der Waals surface area contributed by atoms with Crippen LogP contribution >= 0.6 is 0 Å². The van der Waals surface area contributed by atoms with Crippen LogP contribution in [-0.2, 0) is 4.79 Å². The Morgan fingerprint density at radius 2 is 2.04 bits per heavy atom. The van der Waals surface area contributed by atoms with E-state index < -0.39 is 0 Å². The number of amides is 1. The molecule has 1 N–H and O–H groups in total. The minimum Gasteiger partial charge on any atom is -0.493 e. The number of carbonyl (C=O) groups is 1. The highest BCUT2D eigenvalue weighted by Crippen LogP contribution is 2.28. The Bertz CT molecular complexity index is 800. The lowest BCUT2D eigenvalue weighted by atomic mass is 10.1. The molecule has 0 spiro atoms. The quantitative estimate of drug-likeness (QED) is 0.601. The van der Waals surface area contributed by atoms with E-state index in [2.05, 4.69) is 11.9 Å². The van der Waals surface area contributed by atoms with Crippen molar-refractivity contribution in [2.75, 3.05) is 19.0 Å². The van der Waals surface area contributed by atoms with Gasteiger partial charge in [0.15, 0.2) is 11.5 Å². The SMILES string of the molecule is C=CCOc1ccc(/C=C/C(=O)Nc2ccc(F)cc2C)cc1OC. The first kappa shape index (κ1) is 18.3. The minimum atomic E-state index is -0.336. The first-order valence-corrected chi connectivity index (χ1v) is 7.70. The first-order chi connectivity index (χ1) is 12.0. The van der Waals surface area contributed by atoms with Gasteiger partial charge in [-0.15, -0.1) is 0 Å². The van der Waals surface area contributed by atoms with Gasteiger partial charge in [-0.3, -0.25) is 4.79 Å². The maximum Gasteiger partial charge on any atom is 0.248 e. The predicted octanol–water partition coefficient (Wildman–Crippen LogP) is 4.36. The van der Waals surface area contributed by atoms with E-state index in [9.17, 15) is 9.18 Å². The first-order valence-electron chi connectivity index (χ1n) is 7.70. The fourth-order valence-electron chi connectivity index (χ4n) is 2.17. The third-order valence-corrected chi connectivity index (χ3v) is 3.42. The van der Waals surface area contributed by atoms with Crippen LogP contribution in [0.4, 0.5) is 10.1 Å². The Kier molecular flexibility index (Phi) is 6.34. The van der Waals surface area contributed by atoms with Gasteiger partial charge in [-0.2, -0.15) is 0 Å². The van der Waals surface area contributed by atoms with Gasteiger partial charge in [0.1, 0.15) is 12.4 Å². The average molecular weight is 341 g/mol. The van der Waals surface area contributed by atoms with E-state index in [1.807, 2.05) is 6.07 Å². The molecule has 5 heteroatoms. The van der Waals surface area contributed by atoms with Crippen molar-refractivity contribution in [3.63, 3.8) is 0 Å². The largest absolute Gasteiger partial charge is 0.493 e. The Hall–Kier alpha value is -3.08. The van der Waals surface area contributed by atoms with E-state index >= 15 is 0 Å². The molecule has 2 rings (SSSR count). The topological polar surface area (TPSA) is 47.6 Å². The van der Waals surface area contributed by atoms with Crippen molar-refractivity contribution in [3.05, 3.63) is 72.1 Å². The summed E-state index contributed by atoms with van der Waals surface area (Å²) in [7, 11) is 1.55. The van der Waals surface area contributed by atoms with Gasteiger partial charge in [0.25, 0.3) is 0 Å². The van der Waals surface area contributed by atoms with Gasteiger partial charge in [0.2, 0.25) is 5.91 Å². The van der Waals surface area contributed by atoms with Gasteiger partial charge < -0.3 is 14.8 Å². The van der Waals surface area contributed by atoms with Crippen LogP contribution in [0.3, 0.4) is 0 Å². The molecule has 25 heavy (non-hydrogen) atoms. The van der Waals surface area contributed by atoms with Gasteiger partial charge in [-0.25, -0.2) is 4.39 Å². The van der Waals surface area contributed by atoms with Crippen LogP contribution in [-0.4, -0.2) is 19.6 Å². The molecule has 0 unspecified atom stereocenters. The molecule has 2 aromatic rings. The molecule has 0 heterocycles. The lowest BCUT2D eigenvalue weighted by molar-refractivity contribution is -0.111. The normalized spacial score (nSPS) is 10.5. The van der Waals surface area contributed by atoms with Crippen LogP contribution in [0.5, 0.6) is 11.5 Å². The minimum absolute atomic E-state index is 0.305. The molecule has 0 aliphatic carbocycles. The Morgan fingerprint density at radius 1 is 1.24 bits per heavy atom. The summed E-state index contributed by atoms with van der Waals surface area (Å²) in [5.74, 6) is 0.530. The molecule has 0 aliphatic rings. The van der Waals surface area contributed by atoms with Crippen LogP contribution in [0.15, 0.2) is 55.1 Å². The number of rotatable bonds is 7. The molecule has 130 valence electrons. The Labute approximate surface area is 146 Å². The zero-order valence-corrected chi connectivity index (χ0v) is 14.2. The van der Waals surface area contributed by atoms with Crippen molar-refractivity contribution in [1.29, 1.82) is 0 Å². The number of anilines is 1. The monoisotopic (exact) mass is 341 g/mol. The molecule has 2 aromatic carbocycles. The number of nitrogens with one attached hydrogen (secondary N) is 1. The van der Waals surface area contributed by atoms with Crippen molar-refractivity contribution in [2.45, 2.75) is 6.92 Å². The van der Waals surface area contributed by atoms with Gasteiger partial charge in [0.05, 0.1) is 7.11 Å². The highest BCUT2D eigenvalue weighted by molar-refractivity contribution is 6.02. The molecule has 4 nitrogen and oxygen atoms in total. The molecule has 0 atom stereocenters. The number of carbonyl (C=O) groups excluding carboxylic acids is 1. The van der Waals surface area contributed by atoms with E-state index in [1.54, 1.807) is 38.3 Å². The molecule has 0 fully saturated rings. The summed E-state index contributed by atoms with van der Waals surface area (Å²) < 4.78 is 23.8. The number of benzene rings is 2. The van der Waals surface area contributed by atoms with E-state index in [0.717, 1.165) is 5.56 Å². The summed E-state index contributed by atoms with van der Waals surface area (Å²) in [5.41, 5.74) is 2.02. The maximum absolute atomic E-state index is 13.1. The number of hydrogen-bond donors (Lipinski definition) is 1. The van der Waals surface area contributed by atoms with Crippen molar-refractivity contribution in [2.24, 2.45) is 0 Å². The van der Waals surface area contributed by atoms with Crippen molar-refractivity contribution < 1.29 is 18.7 Å². The predicted molar refractivity (Wildman–Crippen MR) is 97.5 cm³/mol. The lowest BCUT2D eigenvalue weighted by Crippen LogP contribution is -2.09. The zero-order chi connectivity index (χ0) is 18.2. The van der Waals surface area contributed by atoms with Crippen molar-refractivity contribution in [1.82, 2.24) is 0 Å². The summed E-state index contributed by atoms with van der Waals surface area (Å²) in [6.45, 7) is 5.71. The van der Waals surface area contributed by atoms with Crippen LogP contribution in [0.1, 0.15) is 11.1 Å². The summed E-state index contributed by atoms with van der Waals surface area (Å²) in [5, 5.41) is 2.72. The van der Waals surface area contributed by atoms with Crippen LogP contribution in [0.25, 0.3) is 6.08 Å². The van der Waals surface area contributed by atoms with Gasteiger partial charge in [0, 0.05) is 11.8 Å². The highest BCUT2D eigenvalue weighted by atomic mass is 19.1. The third-order valence-electron chi connectivity index (χ3n) is 3.42. The zero-order valence-electron chi connectivity index (χ0n) is 14.2. The number of halogens is 1. The number of methoxy groups -OCH3 is 1. The van der Waals surface area contributed by atoms with Crippen molar-refractivity contribution in [3.8, 4) is 11.5 Å². The Balaban J connectivity index is 2.07. The summed E-state index contributed by atoms with van der Waals surface area (Å²) in [6, 6.07) is 9.56. The second-order valence-electron chi connectivity index (χ2n) is 5.29. The smallest absolute Gasteiger partial charge is 0.248 e. The number of aryl methyl sites for hydroxylation is 1. The summed E-state index contributed by atoms with van der Waals surface area (Å²) in [6.07, 6.45) is 4.71. The molecule has 0 radical (unpaired) electrons. The standard InChI is InChI=1S/C20H20FNO3/c1-4-11-25-18-9-5-15(13-19(18)24-3)6-10-20(23)22-17-8-7-16(21)12-14(17)2/h4-10,12-13H,1,11H2,2-3H3,(H,22,23)/b10-6+. The molecule has 1 amide bonds. The molecule has 0 bridgehead atoms. The number of hydrogen-bond acceptors (Lipinski definition) is 3. The van der Waals surface area contributed by atoms with Crippen molar-refractivity contribution >= 4 is 17.7 Å². The van der Waals surface area contributed by atoms with Gasteiger partial charge in [-0.1, -0.05) is 18.7 Å². The lowest BCUT2D eigenvalue weighted by Gasteiger charge is -2.09. The third kappa shape index (κ3) is 5.21. The summed E-state index contributed by atoms with van der Waals surface area (Å²) >= 11 is 0. The molecule has 0 saturated carbocycles. The second-order valence-corrected chi connectivity index (χ2v) is 5.29. The van der Waals surface area contributed by atoms with Crippen LogP contribution in [0.2, 0.25) is 0 Å². The maximum atomic E-state index is 13.1. The van der Waals surface area contributed by atoms with E-state index in [4.69, 9.17) is 9.47 Å². The van der Waals surface area contributed by atoms with Crippen LogP contribution < -0.4 is 14.8 Å². The van der Waals surface area contributed by atoms with E-state index in [-0.39, 0.29) is 11.7 Å². The fraction of sp³-hybridized carbons (Fsp3) is 0.150. The Morgan fingerprint density at radius 3 is 2.72 bits per heavy atom. The van der Waals surface area contributed by atoms with Crippen LogP contribution in [0, 0.1) is 12.7 Å². The summed E-state index contributed by atoms with van der Waals surface area (Å²) in [4.78, 5) is 12.0. The van der Waals surface area contributed by atoms with Gasteiger partial charge >= 0.3 is 0 Å². The molecule has 0 saturated heterocycles.